The highest BCUT2D eigenvalue weighted by Gasteiger charge is 2.18. The van der Waals surface area contributed by atoms with Crippen LogP contribution in [0.4, 0.5) is 11.5 Å². The normalized spacial score (nSPS) is 14.2. The van der Waals surface area contributed by atoms with E-state index >= 15 is 0 Å². The molecule has 0 bridgehead atoms. The van der Waals surface area contributed by atoms with Gasteiger partial charge in [-0.2, -0.15) is 0 Å². The van der Waals surface area contributed by atoms with Crippen molar-refractivity contribution >= 4 is 34.3 Å². The molecule has 7 nitrogen and oxygen atoms in total. The molecule has 1 aliphatic heterocycles. The number of carbonyl (C=O) groups is 2. The number of methoxy groups -OCH3 is 1. The van der Waals surface area contributed by atoms with Crippen molar-refractivity contribution in [2.75, 3.05) is 37.0 Å². The first kappa shape index (κ1) is 21.6. The number of amides is 1. The van der Waals surface area contributed by atoms with Gasteiger partial charge in [0, 0.05) is 24.2 Å². The minimum Gasteiger partial charge on any atom is -0.481 e. The van der Waals surface area contributed by atoms with E-state index in [2.05, 4.69) is 21.9 Å². The lowest BCUT2D eigenvalue weighted by atomic mass is 9.99. The average Bonchev–Trinajstić information content (AvgIpc) is 2.83. The van der Waals surface area contributed by atoms with E-state index in [0.29, 0.717) is 17.0 Å². The maximum atomic E-state index is 12.4. The Balaban J connectivity index is 1.42. The summed E-state index contributed by atoms with van der Waals surface area (Å²) in [7, 11) is 1.33. The molecule has 1 N–H and O–H groups in total. The van der Waals surface area contributed by atoms with E-state index < -0.39 is 5.97 Å². The van der Waals surface area contributed by atoms with Gasteiger partial charge in [0.05, 0.1) is 12.7 Å². The Morgan fingerprint density at radius 3 is 2.53 bits per heavy atom. The van der Waals surface area contributed by atoms with E-state index in [1.165, 1.54) is 20.0 Å². The molecule has 0 spiro atoms. The van der Waals surface area contributed by atoms with Crippen molar-refractivity contribution < 1.29 is 19.1 Å². The number of ether oxygens (including phenoxy) is 2. The number of anilines is 2. The molecule has 2 aromatic carbocycles. The van der Waals surface area contributed by atoms with E-state index in [4.69, 9.17) is 9.72 Å². The summed E-state index contributed by atoms with van der Waals surface area (Å²) < 4.78 is 10.5. The predicted molar refractivity (Wildman–Crippen MR) is 124 cm³/mol. The van der Waals surface area contributed by atoms with Crippen LogP contribution in [0.1, 0.15) is 30.1 Å². The Kier molecular flexibility index (Phi) is 6.54. The zero-order valence-corrected chi connectivity index (χ0v) is 18.3. The van der Waals surface area contributed by atoms with Gasteiger partial charge >= 0.3 is 5.97 Å². The number of para-hydroxylation sites is 1. The minimum absolute atomic E-state index is 0.148. The molecule has 0 unspecified atom stereocenters. The fraction of sp³-hybridized carbons (Fsp3) is 0.320. The fourth-order valence-electron chi connectivity index (χ4n) is 3.79. The second-order valence-electron chi connectivity index (χ2n) is 8.07. The van der Waals surface area contributed by atoms with Crippen molar-refractivity contribution in [3.63, 3.8) is 0 Å². The molecule has 2 heterocycles. The summed E-state index contributed by atoms with van der Waals surface area (Å²) in [5.74, 6) is 1.55. The molecule has 1 aliphatic rings. The Bertz CT molecular complexity index is 1110. The van der Waals surface area contributed by atoms with Crippen molar-refractivity contribution in [3.05, 3.63) is 60.2 Å². The smallest absolute Gasteiger partial charge is 0.337 e. The van der Waals surface area contributed by atoms with E-state index in [1.807, 2.05) is 30.3 Å². The minimum atomic E-state index is -0.423. The van der Waals surface area contributed by atoms with Crippen LogP contribution in [0.2, 0.25) is 0 Å². The number of benzene rings is 2. The molecule has 7 heteroatoms. The molecular formula is C25H27N3O4. The first-order valence-electron chi connectivity index (χ1n) is 10.8. The van der Waals surface area contributed by atoms with Gasteiger partial charge in [0.2, 0.25) is 0 Å². The van der Waals surface area contributed by atoms with Crippen LogP contribution in [0.25, 0.3) is 10.9 Å². The topological polar surface area (TPSA) is 80.8 Å². The summed E-state index contributed by atoms with van der Waals surface area (Å²) in [6.45, 7) is 4.14. The Hall–Kier alpha value is -3.61. The van der Waals surface area contributed by atoms with Gasteiger partial charge < -0.3 is 19.7 Å². The Labute approximate surface area is 187 Å². The fourth-order valence-corrected chi connectivity index (χ4v) is 3.79. The van der Waals surface area contributed by atoms with Crippen molar-refractivity contribution in [3.8, 4) is 5.75 Å². The number of hydrogen-bond acceptors (Lipinski definition) is 6. The predicted octanol–water partition coefficient (Wildman–Crippen LogP) is 4.28. The number of rotatable bonds is 6. The second kappa shape index (κ2) is 9.68. The molecule has 166 valence electrons. The molecule has 0 aliphatic carbocycles. The highest BCUT2D eigenvalue weighted by molar-refractivity contribution is 5.94. The number of esters is 1. The molecular weight excluding hydrogens is 406 g/mol. The molecule has 1 aromatic heterocycles. The molecule has 3 aromatic rings. The highest BCUT2D eigenvalue weighted by Crippen LogP contribution is 2.28. The number of aromatic nitrogens is 1. The number of nitrogens with zero attached hydrogens (tertiary/aromatic N) is 2. The maximum Gasteiger partial charge on any atom is 0.337 e. The van der Waals surface area contributed by atoms with Gasteiger partial charge in [-0.1, -0.05) is 19.1 Å². The van der Waals surface area contributed by atoms with Crippen LogP contribution in [0.5, 0.6) is 5.75 Å². The number of fused-ring (bicyclic) bond motifs is 1. The average molecular weight is 434 g/mol. The first-order valence-corrected chi connectivity index (χ1v) is 10.8. The number of pyridine rings is 1. The van der Waals surface area contributed by atoms with Crippen LogP contribution in [0.3, 0.4) is 0 Å². The lowest BCUT2D eigenvalue weighted by Gasteiger charge is -2.31. The zero-order valence-electron chi connectivity index (χ0n) is 18.3. The maximum absolute atomic E-state index is 12.4. The number of nitrogens with one attached hydrogen (secondary N) is 1. The molecule has 1 amide bonds. The van der Waals surface area contributed by atoms with Crippen LogP contribution in [-0.4, -0.2) is 43.7 Å². The summed E-state index contributed by atoms with van der Waals surface area (Å²) in [6, 6.07) is 16.3. The van der Waals surface area contributed by atoms with E-state index in [1.54, 1.807) is 24.3 Å². The lowest BCUT2D eigenvalue weighted by Crippen LogP contribution is -2.33. The summed E-state index contributed by atoms with van der Waals surface area (Å²) in [6.07, 6.45) is 2.33. The number of hydrogen-bond donors (Lipinski definition) is 1. The van der Waals surface area contributed by atoms with Crippen LogP contribution in [0, 0.1) is 5.92 Å². The highest BCUT2D eigenvalue weighted by atomic mass is 16.5. The molecule has 1 saturated heterocycles. The third-order valence-electron chi connectivity index (χ3n) is 5.72. The Morgan fingerprint density at radius 1 is 1.06 bits per heavy atom. The standard InChI is InChI=1S/C25H27N3O4/c1-17-12-14-28(15-13-17)22-11-8-18-4-3-5-21(24(18)27-22)32-16-23(29)26-20-9-6-19(7-10-20)25(30)31-2/h3-11,17H,12-16H2,1-2H3,(H,26,29). The largest absolute Gasteiger partial charge is 0.481 e. The molecule has 32 heavy (non-hydrogen) atoms. The monoisotopic (exact) mass is 433 g/mol. The van der Waals surface area contributed by atoms with Gasteiger partial charge in [0.1, 0.15) is 17.1 Å². The molecule has 1 fully saturated rings. The zero-order chi connectivity index (χ0) is 22.5. The van der Waals surface area contributed by atoms with Crippen LogP contribution < -0.4 is 15.0 Å². The first-order chi connectivity index (χ1) is 15.5. The van der Waals surface area contributed by atoms with Crippen molar-refractivity contribution in [1.29, 1.82) is 0 Å². The van der Waals surface area contributed by atoms with E-state index in [9.17, 15) is 9.59 Å². The van der Waals surface area contributed by atoms with Gasteiger partial charge in [-0.3, -0.25) is 4.79 Å². The second-order valence-corrected chi connectivity index (χ2v) is 8.07. The van der Waals surface area contributed by atoms with Gasteiger partial charge in [0.15, 0.2) is 6.61 Å². The quantitative estimate of drug-likeness (QED) is 0.585. The van der Waals surface area contributed by atoms with E-state index in [0.717, 1.165) is 35.7 Å². The van der Waals surface area contributed by atoms with Gasteiger partial charge in [-0.25, -0.2) is 9.78 Å². The summed E-state index contributed by atoms with van der Waals surface area (Å²) in [4.78, 5) is 31.1. The molecule has 0 atom stereocenters. The van der Waals surface area contributed by atoms with Crippen molar-refractivity contribution in [2.24, 2.45) is 5.92 Å². The van der Waals surface area contributed by atoms with Crippen LogP contribution >= 0.6 is 0 Å². The number of carbonyl (C=O) groups excluding carboxylic acids is 2. The third-order valence-corrected chi connectivity index (χ3v) is 5.72. The number of piperidine rings is 1. The summed E-state index contributed by atoms with van der Waals surface area (Å²) in [5.41, 5.74) is 1.74. The lowest BCUT2D eigenvalue weighted by molar-refractivity contribution is -0.118. The van der Waals surface area contributed by atoms with Crippen molar-refractivity contribution in [2.45, 2.75) is 19.8 Å². The van der Waals surface area contributed by atoms with Crippen LogP contribution in [0.15, 0.2) is 54.6 Å². The molecule has 4 rings (SSSR count). The third kappa shape index (κ3) is 4.99. The SMILES string of the molecule is COC(=O)c1ccc(NC(=O)COc2cccc3ccc(N4CCC(C)CC4)nc23)cc1. The van der Waals surface area contributed by atoms with Crippen LogP contribution in [-0.2, 0) is 9.53 Å². The molecule has 0 radical (unpaired) electrons. The molecule has 0 saturated carbocycles. The summed E-state index contributed by atoms with van der Waals surface area (Å²) >= 11 is 0. The van der Waals surface area contributed by atoms with Gasteiger partial charge in [-0.15, -0.1) is 0 Å². The van der Waals surface area contributed by atoms with Gasteiger partial charge in [-0.05, 0) is 61.2 Å². The van der Waals surface area contributed by atoms with Gasteiger partial charge in [0.25, 0.3) is 5.91 Å². The van der Waals surface area contributed by atoms with E-state index in [-0.39, 0.29) is 12.5 Å². The summed E-state index contributed by atoms with van der Waals surface area (Å²) in [5, 5.41) is 3.73. The van der Waals surface area contributed by atoms with Crippen molar-refractivity contribution in [1.82, 2.24) is 4.98 Å². The Morgan fingerprint density at radius 2 is 1.81 bits per heavy atom.